The van der Waals surface area contributed by atoms with E-state index in [2.05, 4.69) is 4.90 Å². The van der Waals surface area contributed by atoms with E-state index in [1.54, 1.807) is 10.4 Å². The molecule has 0 saturated carbocycles. The molecule has 1 aromatic carbocycles. The van der Waals surface area contributed by atoms with Crippen molar-refractivity contribution < 1.29 is 8.42 Å². The van der Waals surface area contributed by atoms with E-state index in [-0.39, 0.29) is 0 Å². The molecule has 0 atom stereocenters. The van der Waals surface area contributed by atoms with E-state index in [1.165, 1.54) is 38.8 Å². The van der Waals surface area contributed by atoms with Gasteiger partial charge in [0.05, 0.1) is 4.90 Å². The lowest BCUT2D eigenvalue weighted by Crippen LogP contribution is -2.47. The Morgan fingerprint density at radius 3 is 2.12 bits per heavy atom. The normalized spacial score (nSPS) is 22.4. The molecule has 0 bridgehead atoms. The summed E-state index contributed by atoms with van der Waals surface area (Å²) in [6.45, 7) is 7.57. The van der Waals surface area contributed by atoms with Crippen molar-refractivity contribution >= 4 is 10.0 Å². The lowest BCUT2D eigenvalue weighted by molar-refractivity contribution is 0.144. The van der Waals surface area contributed by atoms with Crippen LogP contribution in [0, 0.1) is 13.8 Å². The molecule has 1 aromatic rings. The molecule has 0 N–H and O–H groups in total. The molecule has 2 saturated heterocycles. The van der Waals surface area contributed by atoms with Gasteiger partial charge < -0.3 is 4.90 Å². The van der Waals surface area contributed by atoms with Crippen molar-refractivity contribution in [2.24, 2.45) is 0 Å². The highest BCUT2D eigenvalue weighted by Crippen LogP contribution is 2.26. The summed E-state index contributed by atoms with van der Waals surface area (Å²) >= 11 is 0. The van der Waals surface area contributed by atoms with Gasteiger partial charge in [-0.25, -0.2) is 8.42 Å². The third kappa shape index (κ3) is 3.84. The molecule has 0 spiro atoms. The largest absolute Gasteiger partial charge is 0.300 e. The van der Waals surface area contributed by atoms with Crippen LogP contribution >= 0.6 is 0 Å². The number of nitrogens with zero attached hydrogens (tertiary/aromatic N) is 2. The van der Waals surface area contributed by atoms with Gasteiger partial charge in [0.15, 0.2) is 0 Å². The second-order valence-electron chi connectivity index (χ2n) is 7.35. The van der Waals surface area contributed by atoms with Crippen molar-refractivity contribution in [3.8, 4) is 0 Å². The molecule has 5 heteroatoms. The van der Waals surface area contributed by atoms with E-state index in [4.69, 9.17) is 0 Å². The van der Waals surface area contributed by atoms with Crippen LogP contribution in [0.5, 0.6) is 0 Å². The van der Waals surface area contributed by atoms with E-state index in [0.29, 0.717) is 24.0 Å². The highest BCUT2D eigenvalue weighted by Gasteiger charge is 2.32. The van der Waals surface area contributed by atoms with Gasteiger partial charge in [-0.1, -0.05) is 30.5 Å². The van der Waals surface area contributed by atoms with Gasteiger partial charge in [0, 0.05) is 19.1 Å². The van der Waals surface area contributed by atoms with Crippen LogP contribution in [0.4, 0.5) is 0 Å². The van der Waals surface area contributed by atoms with Crippen LogP contribution < -0.4 is 0 Å². The molecular formula is C19H30N2O2S. The van der Waals surface area contributed by atoms with Crippen molar-refractivity contribution in [3.05, 3.63) is 29.3 Å². The summed E-state index contributed by atoms with van der Waals surface area (Å²) in [7, 11) is -3.36. The average molecular weight is 351 g/mol. The molecule has 134 valence electrons. The monoisotopic (exact) mass is 350 g/mol. The maximum absolute atomic E-state index is 13.0. The molecule has 2 aliphatic rings. The van der Waals surface area contributed by atoms with Crippen LogP contribution in [0.15, 0.2) is 23.1 Å². The number of aryl methyl sites for hydroxylation is 2. The summed E-state index contributed by atoms with van der Waals surface area (Å²) in [5, 5.41) is 0. The van der Waals surface area contributed by atoms with Gasteiger partial charge in [0.2, 0.25) is 10.0 Å². The first-order valence-corrected chi connectivity index (χ1v) is 10.7. The Labute approximate surface area is 146 Å². The predicted octanol–water partition coefficient (Wildman–Crippen LogP) is 3.33. The van der Waals surface area contributed by atoms with Gasteiger partial charge in [0.25, 0.3) is 0 Å². The Kier molecular flexibility index (Phi) is 5.63. The summed E-state index contributed by atoms with van der Waals surface area (Å²) in [6.07, 6.45) is 7.20. The quantitative estimate of drug-likeness (QED) is 0.839. The van der Waals surface area contributed by atoms with Crippen LogP contribution in [-0.4, -0.2) is 49.8 Å². The number of hydrogen-bond acceptors (Lipinski definition) is 3. The first-order valence-electron chi connectivity index (χ1n) is 9.30. The molecule has 2 aliphatic heterocycles. The van der Waals surface area contributed by atoms with E-state index >= 15 is 0 Å². The van der Waals surface area contributed by atoms with Crippen LogP contribution in [0.1, 0.15) is 49.7 Å². The van der Waals surface area contributed by atoms with E-state index in [9.17, 15) is 8.42 Å². The van der Waals surface area contributed by atoms with Crippen LogP contribution in [0.25, 0.3) is 0 Å². The Bertz CT molecular complexity index is 656. The third-order valence-corrected chi connectivity index (χ3v) is 7.59. The number of hydrogen-bond donors (Lipinski definition) is 0. The first-order chi connectivity index (χ1) is 11.5. The van der Waals surface area contributed by atoms with Crippen molar-refractivity contribution in [1.29, 1.82) is 0 Å². The second-order valence-corrected chi connectivity index (χ2v) is 9.26. The molecule has 0 unspecified atom stereocenters. The van der Waals surface area contributed by atoms with E-state index in [0.717, 1.165) is 24.0 Å². The molecule has 2 heterocycles. The first kappa shape index (κ1) is 17.9. The molecule has 0 aromatic heterocycles. The fraction of sp³-hybridized carbons (Fsp3) is 0.684. The Morgan fingerprint density at radius 1 is 0.917 bits per heavy atom. The summed E-state index contributed by atoms with van der Waals surface area (Å²) in [4.78, 5) is 3.08. The van der Waals surface area contributed by atoms with Gasteiger partial charge in [-0.3, -0.25) is 0 Å². The topological polar surface area (TPSA) is 40.6 Å². The molecule has 24 heavy (non-hydrogen) atoms. The van der Waals surface area contributed by atoms with Gasteiger partial charge in [-0.15, -0.1) is 0 Å². The van der Waals surface area contributed by atoms with Crippen molar-refractivity contribution in [2.45, 2.75) is 63.3 Å². The minimum absolute atomic E-state index is 0.473. The molecule has 2 fully saturated rings. The maximum Gasteiger partial charge on any atom is 0.243 e. The summed E-state index contributed by atoms with van der Waals surface area (Å²) in [5.74, 6) is 0. The van der Waals surface area contributed by atoms with Crippen LogP contribution in [-0.2, 0) is 10.0 Å². The molecule has 4 nitrogen and oxygen atoms in total. The zero-order valence-electron chi connectivity index (χ0n) is 15.0. The number of piperidine rings is 1. The van der Waals surface area contributed by atoms with Crippen LogP contribution in [0.2, 0.25) is 0 Å². The lowest BCUT2D eigenvalue weighted by Gasteiger charge is -2.37. The van der Waals surface area contributed by atoms with E-state index < -0.39 is 10.0 Å². The average Bonchev–Trinajstić information content (AvgIpc) is 2.84. The van der Waals surface area contributed by atoms with Gasteiger partial charge >= 0.3 is 0 Å². The SMILES string of the molecule is Cc1ccc(S(=O)(=O)N2CCC(N3CCCCCC3)CC2)c(C)c1. The third-order valence-electron chi connectivity index (χ3n) is 5.53. The highest BCUT2D eigenvalue weighted by atomic mass is 32.2. The maximum atomic E-state index is 13.0. The lowest BCUT2D eigenvalue weighted by atomic mass is 10.0. The summed E-state index contributed by atoms with van der Waals surface area (Å²) in [5.41, 5.74) is 1.95. The zero-order valence-corrected chi connectivity index (χ0v) is 15.8. The van der Waals surface area contributed by atoms with Gasteiger partial charge in [0.1, 0.15) is 0 Å². The number of sulfonamides is 1. The molecular weight excluding hydrogens is 320 g/mol. The molecule has 0 amide bonds. The minimum atomic E-state index is -3.36. The van der Waals surface area contributed by atoms with Gasteiger partial charge in [-0.05, 0) is 64.3 Å². The molecule has 0 aliphatic carbocycles. The summed E-state index contributed by atoms with van der Waals surface area (Å²) < 4.78 is 27.6. The Balaban J connectivity index is 1.67. The molecule has 3 rings (SSSR count). The standard InChI is InChI=1S/C19H30N2O2S/c1-16-7-8-19(17(2)15-16)24(22,23)21-13-9-18(10-14-21)20-11-5-3-4-6-12-20/h7-8,15,18H,3-6,9-14H2,1-2H3. The number of benzene rings is 1. The predicted molar refractivity (Wildman–Crippen MR) is 97.7 cm³/mol. The minimum Gasteiger partial charge on any atom is -0.300 e. The van der Waals surface area contributed by atoms with Gasteiger partial charge in [-0.2, -0.15) is 4.31 Å². The smallest absolute Gasteiger partial charge is 0.243 e. The van der Waals surface area contributed by atoms with Crippen LogP contribution in [0.3, 0.4) is 0 Å². The fourth-order valence-electron chi connectivity index (χ4n) is 4.14. The Morgan fingerprint density at radius 2 is 1.54 bits per heavy atom. The summed E-state index contributed by atoms with van der Waals surface area (Å²) in [6, 6.07) is 6.18. The number of rotatable bonds is 3. The van der Waals surface area contributed by atoms with E-state index in [1.807, 2.05) is 26.0 Å². The zero-order chi connectivity index (χ0) is 17.2. The number of likely N-dealkylation sites (tertiary alicyclic amines) is 1. The fourth-order valence-corrected chi connectivity index (χ4v) is 5.81. The van der Waals surface area contributed by atoms with Crippen molar-refractivity contribution in [1.82, 2.24) is 9.21 Å². The highest BCUT2D eigenvalue weighted by molar-refractivity contribution is 7.89. The van der Waals surface area contributed by atoms with Crippen molar-refractivity contribution in [2.75, 3.05) is 26.2 Å². The van der Waals surface area contributed by atoms with Crippen molar-refractivity contribution in [3.63, 3.8) is 0 Å². The Hall–Kier alpha value is -0.910. The second kappa shape index (κ2) is 7.54. The molecule has 0 radical (unpaired) electrons.